The predicted molar refractivity (Wildman–Crippen MR) is 60.2 cm³/mol. The third kappa shape index (κ3) is 5.22. The van der Waals surface area contributed by atoms with Crippen molar-refractivity contribution in [3.05, 3.63) is 0 Å². The maximum absolute atomic E-state index is 11.5. The van der Waals surface area contributed by atoms with E-state index in [4.69, 9.17) is 0 Å². The summed E-state index contributed by atoms with van der Waals surface area (Å²) in [7, 11) is 0. The van der Waals surface area contributed by atoms with Gasteiger partial charge in [-0.2, -0.15) is 0 Å². The van der Waals surface area contributed by atoms with Crippen LogP contribution in [0.5, 0.6) is 0 Å². The summed E-state index contributed by atoms with van der Waals surface area (Å²) in [6.45, 7) is 12.8. The first-order valence-electron chi connectivity index (χ1n) is 5.52. The first kappa shape index (κ1) is 13.4. The van der Waals surface area contributed by atoms with Crippen molar-refractivity contribution in [2.24, 2.45) is 5.92 Å². The van der Waals surface area contributed by atoms with Crippen LogP contribution in [-0.2, 0) is 4.79 Å². The van der Waals surface area contributed by atoms with E-state index in [1.54, 1.807) is 0 Å². The predicted octanol–water partition coefficient (Wildman–Crippen LogP) is 1.49. The van der Waals surface area contributed by atoms with Gasteiger partial charge < -0.3 is 5.32 Å². The fourth-order valence-electron chi connectivity index (χ4n) is 1.12. The molecule has 0 aliphatic carbocycles. The number of carbonyl (C=O) groups excluding carboxylic acids is 1. The van der Waals surface area contributed by atoms with E-state index in [0.717, 1.165) is 13.1 Å². The Morgan fingerprint density at radius 3 is 2.07 bits per heavy atom. The van der Waals surface area contributed by atoms with Crippen LogP contribution < -0.4 is 5.32 Å². The summed E-state index contributed by atoms with van der Waals surface area (Å²) in [6, 6.07) is 0.262. The zero-order valence-electron chi connectivity index (χ0n) is 10.1. The summed E-state index contributed by atoms with van der Waals surface area (Å²) in [6.07, 6.45) is 0. The van der Waals surface area contributed by atoms with Gasteiger partial charge in [0.05, 0.1) is 6.54 Å². The molecule has 0 heterocycles. The van der Waals surface area contributed by atoms with Gasteiger partial charge in [0.1, 0.15) is 0 Å². The molecule has 1 N–H and O–H groups in total. The molecule has 0 spiro atoms. The molecule has 3 heteroatoms. The van der Waals surface area contributed by atoms with Crippen LogP contribution in [0.15, 0.2) is 0 Å². The van der Waals surface area contributed by atoms with Crippen LogP contribution in [0.4, 0.5) is 0 Å². The van der Waals surface area contributed by atoms with Crippen LogP contribution in [-0.4, -0.2) is 36.5 Å². The molecular formula is C11H24N2O. The highest BCUT2D eigenvalue weighted by atomic mass is 16.2. The lowest BCUT2D eigenvalue weighted by Crippen LogP contribution is -2.42. The monoisotopic (exact) mass is 200 g/mol. The molecule has 0 rings (SSSR count). The average Bonchev–Trinajstić information content (AvgIpc) is 2.13. The van der Waals surface area contributed by atoms with Crippen LogP contribution in [0.1, 0.15) is 34.6 Å². The van der Waals surface area contributed by atoms with Gasteiger partial charge >= 0.3 is 0 Å². The maximum Gasteiger partial charge on any atom is 0.234 e. The smallest absolute Gasteiger partial charge is 0.234 e. The Bertz CT molecular complexity index is 159. The highest BCUT2D eigenvalue weighted by molar-refractivity contribution is 5.78. The van der Waals surface area contributed by atoms with Crippen molar-refractivity contribution < 1.29 is 4.79 Å². The third-order valence-corrected chi connectivity index (χ3v) is 2.65. The second-order valence-corrected chi connectivity index (χ2v) is 4.06. The van der Waals surface area contributed by atoms with Gasteiger partial charge in [0.2, 0.25) is 5.91 Å². The molecule has 1 amide bonds. The number of rotatable bonds is 6. The minimum Gasteiger partial charge on any atom is -0.352 e. The van der Waals surface area contributed by atoms with Crippen molar-refractivity contribution in [3.63, 3.8) is 0 Å². The lowest BCUT2D eigenvalue weighted by atomic mass is 10.1. The molecule has 1 atom stereocenters. The minimum atomic E-state index is 0.134. The second-order valence-electron chi connectivity index (χ2n) is 4.06. The standard InChI is InChI=1S/C11H24N2O/c1-6-13(7-2)8-11(14)12-10(5)9(3)4/h9-10H,6-8H2,1-5H3,(H,12,14). The molecule has 0 aliphatic heterocycles. The number of hydrogen-bond acceptors (Lipinski definition) is 2. The zero-order valence-corrected chi connectivity index (χ0v) is 10.1. The Kier molecular flexibility index (Phi) is 6.54. The number of carbonyl (C=O) groups is 1. The third-order valence-electron chi connectivity index (χ3n) is 2.65. The fourth-order valence-corrected chi connectivity index (χ4v) is 1.12. The number of likely N-dealkylation sites (N-methyl/N-ethyl adjacent to an activating group) is 1. The van der Waals surface area contributed by atoms with Gasteiger partial charge in [-0.15, -0.1) is 0 Å². The molecule has 0 aromatic heterocycles. The summed E-state index contributed by atoms with van der Waals surface area (Å²) in [5.74, 6) is 0.630. The molecule has 0 saturated carbocycles. The van der Waals surface area contributed by atoms with Gasteiger partial charge in [-0.3, -0.25) is 9.69 Å². The van der Waals surface area contributed by atoms with Crippen molar-refractivity contribution in [2.45, 2.75) is 40.7 Å². The first-order chi connectivity index (χ1) is 6.51. The van der Waals surface area contributed by atoms with E-state index in [1.165, 1.54) is 0 Å². The number of nitrogens with one attached hydrogen (secondary N) is 1. The molecule has 0 bridgehead atoms. The molecule has 0 aromatic carbocycles. The maximum atomic E-state index is 11.5. The van der Waals surface area contributed by atoms with E-state index in [9.17, 15) is 4.79 Å². The van der Waals surface area contributed by atoms with Crippen LogP contribution >= 0.6 is 0 Å². The molecule has 0 saturated heterocycles. The van der Waals surface area contributed by atoms with E-state index in [1.807, 2.05) is 6.92 Å². The Morgan fingerprint density at radius 1 is 1.21 bits per heavy atom. The van der Waals surface area contributed by atoms with Gasteiger partial charge in [-0.05, 0) is 25.9 Å². The van der Waals surface area contributed by atoms with Crippen LogP contribution in [0.25, 0.3) is 0 Å². The summed E-state index contributed by atoms with van der Waals surface area (Å²) in [5.41, 5.74) is 0. The van der Waals surface area contributed by atoms with Gasteiger partial charge in [0, 0.05) is 6.04 Å². The van der Waals surface area contributed by atoms with Crippen molar-refractivity contribution in [2.75, 3.05) is 19.6 Å². The van der Waals surface area contributed by atoms with Crippen LogP contribution in [0.2, 0.25) is 0 Å². The van der Waals surface area contributed by atoms with E-state index < -0.39 is 0 Å². The molecule has 14 heavy (non-hydrogen) atoms. The molecule has 0 aliphatic rings. The number of hydrogen-bond donors (Lipinski definition) is 1. The summed E-state index contributed by atoms with van der Waals surface area (Å²) >= 11 is 0. The van der Waals surface area contributed by atoms with Gasteiger partial charge in [-0.1, -0.05) is 27.7 Å². The van der Waals surface area contributed by atoms with Gasteiger partial charge in [0.25, 0.3) is 0 Å². The lowest BCUT2D eigenvalue weighted by molar-refractivity contribution is -0.123. The van der Waals surface area contributed by atoms with Crippen LogP contribution in [0, 0.1) is 5.92 Å². The number of nitrogens with zero attached hydrogens (tertiary/aromatic N) is 1. The largest absolute Gasteiger partial charge is 0.352 e. The highest BCUT2D eigenvalue weighted by Crippen LogP contribution is 1.99. The lowest BCUT2D eigenvalue weighted by Gasteiger charge is -2.21. The molecule has 1 unspecified atom stereocenters. The topological polar surface area (TPSA) is 32.3 Å². The molecular weight excluding hydrogens is 176 g/mol. The average molecular weight is 200 g/mol. The van der Waals surface area contributed by atoms with E-state index >= 15 is 0 Å². The molecule has 84 valence electrons. The molecule has 0 radical (unpaired) electrons. The van der Waals surface area contributed by atoms with E-state index in [2.05, 4.69) is 37.9 Å². The summed E-state index contributed by atoms with van der Waals surface area (Å²) < 4.78 is 0. The van der Waals surface area contributed by atoms with E-state index in [-0.39, 0.29) is 11.9 Å². The van der Waals surface area contributed by atoms with E-state index in [0.29, 0.717) is 12.5 Å². The SMILES string of the molecule is CCN(CC)CC(=O)NC(C)C(C)C. The summed E-state index contributed by atoms with van der Waals surface area (Å²) in [5, 5.41) is 3.00. The number of amides is 1. The molecule has 0 fully saturated rings. The molecule has 0 aromatic rings. The van der Waals surface area contributed by atoms with Crippen molar-refractivity contribution >= 4 is 5.91 Å². The van der Waals surface area contributed by atoms with Crippen molar-refractivity contribution in [1.29, 1.82) is 0 Å². The quantitative estimate of drug-likeness (QED) is 0.704. The normalized spacial score (nSPS) is 13.4. The fraction of sp³-hybridized carbons (Fsp3) is 0.909. The second kappa shape index (κ2) is 6.82. The minimum absolute atomic E-state index is 0.134. The Morgan fingerprint density at radius 2 is 1.71 bits per heavy atom. The first-order valence-corrected chi connectivity index (χ1v) is 5.52. The Hall–Kier alpha value is -0.570. The Labute approximate surface area is 87.9 Å². The van der Waals surface area contributed by atoms with Gasteiger partial charge in [-0.25, -0.2) is 0 Å². The summed E-state index contributed by atoms with van der Waals surface area (Å²) in [4.78, 5) is 13.6. The van der Waals surface area contributed by atoms with Crippen LogP contribution in [0.3, 0.4) is 0 Å². The van der Waals surface area contributed by atoms with Crippen molar-refractivity contribution in [1.82, 2.24) is 10.2 Å². The Balaban J connectivity index is 3.85. The van der Waals surface area contributed by atoms with Crippen molar-refractivity contribution in [3.8, 4) is 0 Å². The molecule has 3 nitrogen and oxygen atoms in total. The zero-order chi connectivity index (χ0) is 11.1. The highest BCUT2D eigenvalue weighted by Gasteiger charge is 2.12. The van der Waals surface area contributed by atoms with Gasteiger partial charge in [0.15, 0.2) is 0 Å².